The lowest BCUT2D eigenvalue weighted by Gasteiger charge is -1.95. The molecule has 1 aromatic rings. The van der Waals surface area contributed by atoms with Gasteiger partial charge in [-0.1, -0.05) is 0 Å². The SMILES string of the molecule is CC([O])c1ncccn1. The van der Waals surface area contributed by atoms with Gasteiger partial charge in [0.2, 0.25) is 0 Å². The van der Waals surface area contributed by atoms with E-state index in [1.807, 2.05) is 0 Å². The maximum absolute atomic E-state index is 10.6. The molecule has 0 spiro atoms. The fourth-order valence-corrected chi connectivity index (χ4v) is 0.521. The van der Waals surface area contributed by atoms with Crippen molar-refractivity contribution in [1.29, 1.82) is 0 Å². The first-order chi connectivity index (χ1) is 4.30. The summed E-state index contributed by atoms with van der Waals surface area (Å²) in [5.41, 5.74) is 0. The van der Waals surface area contributed by atoms with Crippen LogP contribution in [0.5, 0.6) is 0 Å². The molecule has 0 aliphatic heterocycles. The zero-order valence-corrected chi connectivity index (χ0v) is 5.11. The van der Waals surface area contributed by atoms with Gasteiger partial charge in [-0.3, -0.25) is 0 Å². The monoisotopic (exact) mass is 123 g/mol. The first-order valence-electron chi connectivity index (χ1n) is 2.73. The predicted octanol–water partition coefficient (Wildman–Crippen LogP) is 0.968. The number of aromatic nitrogens is 2. The highest BCUT2D eigenvalue weighted by atomic mass is 16.3. The minimum absolute atomic E-state index is 0.359. The lowest BCUT2D eigenvalue weighted by Crippen LogP contribution is -1.95. The Morgan fingerprint density at radius 2 is 2.00 bits per heavy atom. The zero-order valence-electron chi connectivity index (χ0n) is 5.11. The van der Waals surface area contributed by atoms with E-state index in [4.69, 9.17) is 0 Å². The standard InChI is InChI=1S/C6H7N2O/c1-5(9)6-7-3-2-4-8-6/h2-5H,1H3. The summed E-state index contributed by atoms with van der Waals surface area (Å²) in [4.78, 5) is 7.51. The first-order valence-corrected chi connectivity index (χ1v) is 2.73. The second-order valence-corrected chi connectivity index (χ2v) is 1.75. The van der Waals surface area contributed by atoms with Gasteiger partial charge in [0.05, 0.1) is 0 Å². The molecule has 0 N–H and O–H groups in total. The maximum Gasteiger partial charge on any atom is 0.160 e. The summed E-state index contributed by atoms with van der Waals surface area (Å²) in [6.07, 6.45) is 2.32. The van der Waals surface area contributed by atoms with E-state index >= 15 is 0 Å². The highest BCUT2D eigenvalue weighted by Crippen LogP contribution is 2.02. The van der Waals surface area contributed by atoms with E-state index in [-0.39, 0.29) is 0 Å². The molecule has 1 atom stereocenters. The quantitative estimate of drug-likeness (QED) is 0.558. The molecule has 1 heterocycles. The fraction of sp³-hybridized carbons (Fsp3) is 0.333. The van der Waals surface area contributed by atoms with Crippen LogP contribution >= 0.6 is 0 Å². The molecule has 1 radical (unpaired) electrons. The van der Waals surface area contributed by atoms with Gasteiger partial charge in [-0.25, -0.2) is 15.1 Å². The molecule has 3 heteroatoms. The van der Waals surface area contributed by atoms with Crippen LogP contribution in [0.25, 0.3) is 0 Å². The van der Waals surface area contributed by atoms with Gasteiger partial charge in [0.1, 0.15) is 6.10 Å². The van der Waals surface area contributed by atoms with Crippen LogP contribution in [0.2, 0.25) is 0 Å². The largest absolute Gasteiger partial charge is 0.239 e. The summed E-state index contributed by atoms with van der Waals surface area (Å²) in [6, 6.07) is 1.69. The Hall–Kier alpha value is -0.960. The molecule has 47 valence electrons. The maximum atomic E-state index is 10.6. The van der Waals surface area contributed by atoms with Crippen LogP contribution in [0.1, 0.15) is 18.9 Å². The Balaban J connectivity index is 2.85. The molecule has 1 aromatic heterocycles. The third-order valence-electron chi connectivity index (χ3n) is 0.949. The van der Waals surface area contributed by atoms with Crippen LogP contribution in [-0.4, -0.2) is 9.97 Å². The van der Waals surface area contributed by atoms with Crippen molar-refractivity contribution in [3.63, 3.8) is 0 Å². The van der Waals surface area contributed by atoms with Crippen molar-refractivity contribution in [1.82, 2.24) is 9.97 Å². The van der Waals surface area contributed by atoms with Gasteiger partial charge in [0.15, 0.2) is 5.82 Å². The summed E-state index contributed by atoms with van der Waals surface area (Å²) in [5, 5.41) is 10.6. The normalized spacial score (nSPS) is 13.1. The van der Waals surface area contributed by atoms with Crippen molar-refractivity contribution in [3.05, 3.63) is 24.3 Å². The number of rotatable bonds is 1. The molecule has 0 saturated heterocycles. The predicted molar refractivity (Wildman–Crippen MR) is 31.1 cm³/mol. The molecule has 0 aliphatic carbocycles. The van der Waals surface area contributed by atoms with Crippen molar-refractivity contribution >= 4 is 0 Å². The van der Waals surface area contributed by atoms with Gasteiger partial charge < -0.3 is 0 Å². The average molecular weight is 123 g/mol. The number of hydrogen-bond donors (Lipinski definition) is 0. The summed E-state index contributed by atoms with van der Waals surface area (Å²) < 4.78 is 0. The highest BCUT2D eigenvalue weighted by Gasteiger charge is 2.01. The van der Waals surface area contributed by atoms with E-state index in [1.54, 1.807) is 18.5 Å². The van der Waals surface area contributed by atoms with Gasteiger partial charge in [0, 0.05) is 12.4 Å². The molecule has 1 rings (SSSR count). The summed E-state index contributed by atoms with van der Waals surface area (Å²) in [5.74, 6) is 0.359. The third-order valence-corrected chi connectivity index (χ3v) is 0.949. The van der Waals surface area contributed by atoms with Gasteiger partial charge in [0.25, 0.3) is 0 Å². The highest BCUT2D eigenvalue weighted by molar-refractivity contribution is 4.90. The van der Waals surface area contributed by atoms with Crippen LogP contribution < -0.4 is 0 Å². The molecular formula is C6H7N2O. The van der Waals surface area contributed by atoms with Crippen molar-refractivity contribution in [3.8, 4) is 0 Å². The Morgan fingerprint density at radius 1 is 1.44 bits per heavy atom. The molecule has 0 amide bonds. The smallest absolute Gasteiger partial charge is 0.160 e. The number of hydrogen-bond acceptors (Lipinski definition) is 2. The van der Waals surface area contributed by atoms with Crippen LogP contribution in [0, 0.1) is 0 Å². The zero-order chi connectivity index (χ0) is 6.69. The van der Waals surface area contributed by atoms with Crippen LogP contribution in [-0.2, 0) is 5.11 Å². The molecular weight excluding hydrogens is 116 g/mol. The van der Waals surface area contributed by atoms with Crippen molar-refractivity contribution < 1.29 is 5.11 Å². The van der Waals surface area contributed by atoms with E-state index in [0.717, 1.165) is 0 Å². The van der Waals surface area contributed by atoms with Gasteiger partial charge in [-0.2, -0.15) is 0 Å². The lowest BCUT2D eigenvalue weighted by atomic mass is 10.4. The second kappa shape index (κ2) is 2.55. The summed E-state index contributed by atoms with van der Waals surface area (Å²) in [7, 11) is 0. The van der Waals surface area contributed by atoms with E-state index in [2.05, 4.69) is 9.97 Å². The van der Waals surface area contributed by atoms with Gasteiger partial charge in [-0.05, 0) is 13.0 Å². The Bertz CT molecular complexity index is 174. The van der Waals surface area contributed by atoms with Gasteiger partial charge >= 0.3 is 0 Å². The Morgan fingerprint density at radius 3 is 2.33 bits per heavy atom. The number of nitrogens with zero attached hydrogens (tertiary/aromatic N) is 2. The average Bonchev–Trinajstić information content (AvgIpc) is 1.90. The fourth-order valence-electron chi connectivity index (χ4n) is 0.521. The first kappa shape index (κ1) is 6.16. The summed E-state index contributed by atoms with van der Waals surface area (Å²) in [6.45, 7) is 1.52. The van der Waals surface area contributed by atoms with E-state index in [1.165, 1.54) is 6.92 Å². The van der Waals surface area contributed by atoms with Crippen LogP contribution in [0.4, 0.5) is 0 Å². The lowest BCUT2D eigenvalue weighted by molar-refractivity contribution is 0.0982. The minimum Gasteiger partial charge on any atom is -0.239 e. The second-order valence-electron chi connectivity index (χ2n) is 1.75. The van der Waals surface area contributed by atoms with E-state index < -0.39 is 6.10 Å². The molecule has 0 bridgehead atoms. The molecule has 0 aromatic carbocycles. The third kappa shape index (κ3) is 1.47. The molecule has 0 fully saturated rings. The molecule has 0 aliphatic rings. The van der Waals surface area contributed by atoms with Crippen molar-refractivity contribution in [2.24, 2.45) is 0 Å². The van der Waals surface area contributed by atoms with E-state index in [0.29, 0.717) is 5.82 Å². The van der Waals surface area contributed by atoms with Crippen molar-refractivity contribution in [2.45, 2.75) is 13.0 Å². The Kier molecular flexibility index (Phi) is 1.75. The summed E-state index contributed by atoms with van der Waals surface area (Å²) >= 11 is 0. The van der Waals surface area contributed by atoms with E-state index in [9.17, 15) is 5.11 Å². The Labute approximate surface area is 53.4 Å². The van der Waals surface area contributed by atoms with Crippen LogP contribution in [0.3, 0.4) is 0 Å². The van der Waals surface area contributed by atoms with Gasteiger partial charge in [-0.15, -0.1) is 0 Å². The minimum atomic E-state index is -0.814. The molecule has 1 unspecified atom stereocenters. The molecule has 9 heavy (non-hydrogen) atoms. The topological polar surface area (TPSA) is 45.7 Å². The van der Waals surface area contributed by atoms with Crippen molar-refractivity contribution in [2.75, 3.05) is 0 Å². The molecule has 3 nitrogen and oxygen atoms in total. The van der Waals surface area contributed by atoms with Crippen LogP contribution in [0.15, 0.2) is 18.5 Å². The molecule has 0 saturated carbocycles.